The van der Waals surface area contributed by atoms with E-state index in [-0.39, 0.29) is 29.1 Å². The number of anilines is 2. The first kappa shape index (κ1) is 26.1. The second-order valence-electron chi connectivity index (χ2n) is 9.70. The fraction of sp³-hybridized carbons (Fsp3) is 0.200. The third-order valence-electron chi connectivity index (χ3n) is 7.18. The first-order valence-electron chi connectivity index (χ1n) is 12.7. The summed E-state index contributed by atoms with van der Waals surface area (Å²) in [5.41, 5.74) is 2.98. The van der Waals surface area contributed by atoms with Crippen LogP contribution in [-0.2, 0) is 20.9 Å². The van der Waals surface area contributed by atoms with E-state index in [1.807, 2.05) is 49.4 Å². The standard InChI is InChI=1S/C30H25N3O5S2/c1-17-8-12-20(13-9-17)33-27(35)24-23(18-6-4-3-5-7-18)26-29(39-25(24)28(33)36)32(30(37)40-26)16-22(34)31-19-10-14-21(38-2)15-11-19/h3-15,23-25H,16H2,1-2H3,(H,31,34)/t23-,24?,25?/m1/s1. The summed E-state index contributed by atoms with van der Waals surface area (Å²) in [7, 11) is 1.56. The molecule has 40 heavy (non-hydrogen) atoms. The zero-order chi connectivity index (χ0) is 28.0. The average molecular weight is 572 g/mol. The number of hydrogen-bond acceptors (Lipinski definition) is 7. The van der Waals surface area contributed by atoms with Gasteiger partial charge in [-0.2, -0.15) is 0 Å². The molecule has 3 atom stereocenters. The van der Waals surface area contributed by atoms with Gasteiger partial charge < -0.3 is 10.1 Å². The van der Waals surface area contributed by atoms with Crippen molar-refractivity contribution in [3.8, 4) is 5.75 Å². The van der Waals surface area contributed by atoms with Crippen LogP contribution in [0.5, 0.6) is 5.75 Å². The van der Waals surface area contributed by atoms with E-state index in [1.165, 1.54) is 21.2 Å². The lowest BCUT2D eigenvalue weighted by Gasteiger charge is -2.30. The molecule has 0 radical (unpaired) electrons. The van der Waals surface area contributed by atoms with Gasteiger partial charge in [0.2, 0.25) is 17.7 Å². The number of thiazole rings is 1. The van der Waals surface area contributed by atoms with Gasteiger partial charge in [0, 0.05) is 16.5 Å². The Kier molecular flexibility index (Phi) is 6.81. The molecule has 3 heterocycles. The molecular weight excluding hydrogens is 546 g/mol. The van der Waals surface area contributed by atoms with Crippen molar-refractivity contribution in [2.24, 2.45) is 5.92 Å². The number of aromatic nitrogens is 1. The van der Waals surface area contributed by atoms with Gasteiger partial charge in [-0.25, -0.2) is 4.90 Å². The molecule has 1 fully saturated rings. The monoisotopic (exact) mass is 571 g/mol. The third-order valence-corrected chi connectivity index (χ3v) is 9.78. The molecule has 1 saturated heterocycles. The van der Waals surface area contributed by atoms with Crippen LogP contribution in [-0.4, -0.2) is 34.6 Å². The normalized spacial score (nSPS) is 19.8. The van der Waals surface area contributed by atoms with Gasteiger partial charge in [0.05, 0.1) is 23.7 Å². The minimum Gasteiger partial charge on any atom is -0.497 e. The van der Waals surface area contributed by atoms with Crippen molar-refractivity contribution in [1.29, 1.82) is 0 Å². The summed E-state index contributed by atoms with van der Waals surface area (Å²) in [6.45, 7) is 1.73. The highest BCUT2D eigenvalue weighted by atomic mass is 32.2. The predicted molar refractivity (Wildman–Crippen MR) is 155 cm³/mol. The Balaban J connectivity index is 1.37. The number of carbonyl (C=O) groups is 3. The maximum absolute atomic E-state index is 13.9. The lowest BCUT2D eigenvalue weighted by molar-refractivity contribution is -0.122. The number of rotatable bonds is 6. The van der Waals surface area contributed by atoms with Crippen LogP contribution in [0.4, 0.5) is 11.4 Å². The first-order chi connectivity index (χ1) is 19.4. The van der Waals surface area contributed by atoms with Gasteiger partial charge in [-0.1, -0.05) is 71.1 Å². The summed E-state index contributed by atoms with van der Waals surface area (Å²) >= 11 is 2.24. The molecule has 2 aliphatic rings. The van der Waals surface area contributed by atoms with E-state index in [0.29, 0.717) is 27.0 Å². The maximum Gasteiger partial charge on any atom is 0.308 e. The molecule has 2 aliphatic heterocycles. The summed E-state index contributed by atoms with van der Waals surface area (Å²) in [6.07, 6.45) is 0. The van der Waals surface area contributed by atoms with E-state index in [4.69, 9.17) is 4.74 Å². The van der Waals surface area contributed by atoms with Crippen molar-refractivity contribution in [2.75, 3.05) is 17.3 Å². The molecule has 6 rings (SSSR count). The van der Waals surface area contributed by atoms with Crippen molar-refractivity contribution in [1.82, 2.24) is 4.57 Å². The number of amides is 3. The van der Waals surface area contributed by atoms with Crippen LogP contribution in [0, 0.1) is 12.8 Å². The van der Waals surface area contributed by atoms with Gasteiger partial charge >= 0.3 is 4.87 Å². The number of fused-ring (bicyclic) bond motifs is 2. The lowest BCUT2D eigenvalue weighted by Crippen LogP contribution is -2.33. The smallest absolute Gasteiger partial charge is 0.308 e. The zero-order valence-corrected chi connectivity index (χ0v) is 23.3. The molecule has 0 spiro atoms. The van der Waals surface area contributed by atoms with E-state index in [9.17, 15) is 19.2 Å². The van der Waals surface area contributed by atoms with E-state index in [1.54, 1.807) is 43.5 Å². The molecule has 0 saturated carbocycles. The molecule has 8 nitrogen and oxygen atoms in total. The van der Waals surface area contributed by atoms with Crippen molar-refractivity contribution < 1.29 is 19.1 Å². The van der Waals surface area contributed by atoms with Crippen LogP contribution in [0.3, 0.4) is 0 Å². The summed E-state index contributed by atoms with van der Waals surface area (Å²) in [6, 6.07) is 23.7. The number of aryl methyl sites for hydroxylation is 1. The van der Waals surface area contributed by atoms with E-state index in [2.05, 4.69) is 5.32 Å². The van der Waals surface area contributed by atoms with Crippen molar-refractivity contribution >= 4 is 52.2 Å². The summed E-state index contributed by atoms with van der Waals surface area (Å²) < 4.78 is 6.58. The Morgan fingerprint density at radius 2 is 1.62 bits per heavy atom. The maximum atomic E-state index is 13.9. The fourth-order valence-electron chi connectivity index (χ4n) is 5.24. The second-order valence-corrected chi connectivity index (χ2v) is 11.8. The van der Waals surface area contributed by atoms with Gasteiger partial charge in [-0.3, -0.25) is 23.7 Å². The van der Waals surface area contributed by atoms with Crippen LogP contribution in [0.1, 0.15) is 21.9 Å². The Morgan fingerprint density at radius 3 is 2.30 bits per heavy atom. The molecule has 1 aromatic heterocycles. The van der Waals surface area contributed by atoms with Crippen LogP contribution < -0.4 is 19.8 Å². The highest BCUT2D eigenvalue weighted by molar-refractivity contribution is 8.00. The number of ether oxygens (including phenoxy) is 1. The molecular formula is C30H25N3O5S2. The highest BCUT2D eigenvalue weighted by Gasteiger charge is 2.56. The quantitative estimate of drug-likeness (QED) is 0.338. The number of nitrogens with one attached hydrogen (secondary N) is 1. The minimum atomic E-state index is -0.726. The topological polar surface area (TPSA) is 97.7 Å². The second kappa shape index (κ2) is 10.4. The van der Waals surface area contributed by atoms with Gasteiger partial charge in [0.25, 0.3) is 0 Å². The largest absolute Gasteiger partial charge is 0.497 e. The van der Waals surface area contributed by atoms with Crippen molar-refractivity contribution in [3.63, 3.8) is 0 Å². The number of methoxy groups -OCH3 is 1. The Hall–Kier alpha value is -4.15. The van der Waals surface area contributed by atoms with E-state index < -0.39 is 17.1 Å². The van der Waals surface area contributed by atoms with Gasteiger partial charge in [0.15, 0.2) is 0 Å². The molecule has 202 valence electrons. The Labute approximate surface area is 238 Å². The SMILES string of the molecule is COc1ccc(NC(=O)Cn2c3c(sc2=O)[C@H](c2ccccc2)C2C(=O)N(c4ccc(C)cc4)C(=O)C2S3)cc1. The highest BCUT2D eigenvalue weighted by Crippen LogP contribution is 2.53. The van der Waals surface area contributed by atoms with E-state index in [0.717, 1.165) is 22.5 Å². The van der Waals surface area contributed by atoms with Crippen molar-refractivity contribution in [2.45, 2.75) is 29.7 Å². The average Bonchev–Trinajstić information content (AvgIpc) is 3.40. The molecule has 1 N–H and O–H groups in total. The molecule has 2 unspecified atom stereocenters. The molecule has 10 heteroatoms. The van der Waals surface area contributed by atoms with E-state index >= 15 is 0 Å². The molecule has 3 amide bonds. The number of hydrogen-bond donors (Lipinski definition) is 1. The lowest BCUT2D eigenvalue weighted by atomic mass is 9.83. The first-order valence-corrected chi connectivity index (χ1v) is 14.4. The third kappa shape index (κ3) is 4.52. The van der Waals surface area contributed by atoms with Crippen LogP contribution in [0.25, 0.3) is 0 Å². The molecule has 3 aromatic carbocycles. The fourth-order valence-corrected chi connectivity index (χ4v) is 8.01. The van der Waals surface area contributed by atoms with Gasteiger partial charge in [-0.15, -0.1) is 0 Å². The molecule has 4 aromatic rings. The Bertz CT molecular complexity index is 1660. The van der Waals surface area contributed by atoms with Gasteiger partial charge in [0.1, 0.15) is 17.5 Å². The summed E-state index contributed by atoms with van der Waals surface area (Å²) in [5, 5.41) is 2.65. The summed E-state index contributed by atoms with van der Waals surface area (Å²) in [5.74, 6) is -1.47. The number of benzene rings is 3. The minimum absolute atomic E-state index is 0.216. The predicted octanol–water partition coefficient (Wildman–Crippen LogP) is 4.66. The van der Waals surface area contributed by atoms with Crippen LogP contribution in [0.2, 0.25) is 0 Å². The van der Waals surface area contributed by atoms with Crippen LogP contribution in [0.15, 0.2) is 88.7 Å². The zero-order valence-electron chi connectivity index (χ0n) is 21.7. The molecule has 0 bridgehead atoms. The summed E-state index contributed by atoms with van der Waals surface area (Å²) in [4.78, 5) is 55.6. The molecule has 0 aliphatic carbocycles. The van der Waals surface area contributed by atoms with Crippen molar-refractivity contribution in [3.05, 3.63) is 105 Å². The van der Waals surface area contributed by atoms with Crippen LogP contribution >= 0.6 is 23.1 Å². The number of imide groups is 1. The van der Waals surface area contributed by atoms with Gasteiger partial charge in [-0.05, 0) is 48.9 Å². The Morgan fingerprint density at radius 1 is 0.925 bits per heavy atom. The number of nitrogens with zero attached hydrogens (tertiary/aromatic N) is 2. The number of carbonyl (C=O) groups excluding carboxylic acids is 3. The number of thioether (sulfide) groups is 1.